The van der Waals surface area contributed by atoms with Crippen LogP contribution in [0.1, 0.15) is 11.6 Å². The second-order valence-corrected chi connectivity index (χ2v) is 3.88. The predicted molar refractivity (Wildman–Crippen MR) is 53.4 cm³/mol. The van der Waals surface area contributed by atoms with E-state index in [1.54, 1.807) is 0 Å². The van der Waals surface area contributed by atoms with Crippen LogP contribution in [0.25, 0.3) is 0 Å². The van der Waals surface area contributed by atoms with Crippen LogP contribution in [0.5, 0.6) is 0 Å². The number of alkyl halides is 3. The molecular weight excluding hydrogens is 237 g/mol. The molecule has 1 fully saturated rings. The SMILES string of the molecule is O=[N+]([O-])c1ccc(C2NCC2C(F)(F)F)cc1. The molecule has 1 aliphatic rings. The molecule has 1 heterocycles. The standard InChI is InChI=1S/C10H9F3N2O2/c11-10(12,13)8-5-14-9(8)6-1-3-7(4-2-6)15(16)17/h1-4,8-9,14H,5H2. The van der Waals surface area contributed by atoms with Crippen molar-refractivity contribution in [3.05, 3.63) is 39.9 Å². The van der Waals surface area contributed by atoms with Gasteiger partial charge < -0.3 is 5.32 Å². The van der Waals surface area contributed by atoms with Gasteiger partial charge in [0.25, 0.3) is 5.69 Å². The zero-order chi connectivity index (χ0) is 12.6. The number of hydrogen-bond donors (Lipinski definition) is 1. The molecule has 2 unspecified atom stereocenters. The molecule has 1 N–H and O–H groups in total. The quantitative estimate of drug-likeness (QED) is 0.644. The van der Waals surface area contributed by atoms with Crippen LogP contribution in [-0.4, -0.2) is 17.6 Å². The minimum Gasteiger partial charge on any atom is -0.309 e. The summed E-state index contributed by atoms with van der Waals surface area (Å²) in [5, 5.41) is 13.1. The van der Waals surface area contributed by atoms with Gasteiger partial charge in [0.05, 0.1) is 10.8 Å². The Bertz CT molecular complexity index is 430. The van der Waals surface area contributed by atoms with Crippen molar-refractivity contribution in [3.63, 3.8) is 0 Å². The smallest absolute Gasteiger partial charge is 0.309 e. The fraction of sp³-hybridized carbons (Fsp3) is 0.400. The van der Waals surface area contributed by atoms with Gasteiger partial charge in [-0.05, 0) is 5.56 Å². The van der Waals surface area contributed by atoms with Crippen molar-refractivity contribution in [1.29, 1.82) is 0 Å². The van der Waals surface area contributed by atoms with Crippen molar-refractivity contribution >= 4 is 5.69 Å². The van der Waals surface area contributed by atoms with Crippen LogP contribution >= 0.6 is 0 Å². The zero-order valence-corrected chi connectivity index (χ0v) is 8.57. The first-order chi connectivity index (χ1) is 7.89. The molecule has 1 saturated heterocycles. The van der Waals surface area contributed by atoms with Crippen LogP contribution in [0.2, 0.25) is 0 Å². The number of benzene rings is 1. The molecule has 0 bridgehead atoms. The van der Waals surface area contributed by atoms with E-state index in [1.807, 2.05) is 0 Å². The molecule has 0 spiro atoms. The monoisotopic (exact) mass is 246 g/mol. The molecule has 2 atom stereocenters. The van der Waals surface area contributed by atoms with E-state index in [9.17, 15) is 23.3 Å². The normalized spacial score (nSPS) is 24.2. The maximum Gasteiger partial charge on any atom is 0.394 e. The average molecular weight is 246 g/mol. The minimum atomic E-state index is -4.24. The summed E-state index contributed by atoms with van der Waals surface area (Å²) < 4.78 is 37.5. The van der Waals surface area contributed by atoms with E-state index in [-0.39, 0.29) is 12.2 Å². The van der Waals surface area contributed by atoms with Crippen molar-refractivity contribution < 1.29 is 18.1 Å². The Morgan fingerprint density at radius 3 is 2.24 bits per heavy atom. The number of nitrogens with zero attached hydrogens (tertiary/aromatic N) is 1. The highest BCUT2D eigenvalue weighted by Gasteiger charge is 2.50. The molecule has 2 rings (SSSR count). The summed E-state index contributed by atoms with van der Waals surface area (Å²) >= 11 is 0. The second kappa shape index (κ2) is 3.99. The van der Waals surface area contributed by atoms with E-state index in [2.05, 4.69) is 5.32 Å². The van der Waals surface area contributed by atoms with E-state index in [4.69, 9.17) is 0 Å². The first kappa shape index (κ1) is 11.8. The van der Waals surface area contributed by atoms with Crippen LogP contribution in [0, 0.1) is 16.0 Å². The molecule has 0 radical (unpaired) electrons. The highest BCUT2D eigenvalue weighted by atomic mass is 19.4. The number of hydrogen-bond acceptors (Lipinski definition) is 3. The van der Waals surface area contributed by atoms with Crippen molar-refractivity contribution in [2.75, 3.05) is 6.54 Å². The number of nitro groups is 1. The average Bonchev–Trinajstić information content (AvgIpc) is 2.13. The Balaban J connectivity index is 2.16. The van der Waals surface area contributed by atoms with E-state index in [0.29, 0.717) is 5.56 Å². The second-order valence-electron chi connectivity index (χ2n) is 3.88. The highest BCUT2D eigenvalue weighted by molar-refractivity contribution is 5.35. The summed E-state index contributed by atoms with van der Waals surface area (Å²) in [4.78, 5) is 9.82. The lowest BCUT2D eigenvalue weighted by Gasteiger charge is -2.39. The Kier molecular flexibility index (Phi) is 2.78. The van der Waals surface area contributed by atoms with Gasteiger partial charge in [-0.3, -0.25) is 10.1 Å². The zero-order valence-electron chi connectivity index (χ0n) is 8.57. The van der Waals surface area contributed by atoms with Gasteiger partial charge in [-0.2, -0.15) is 13.2 Å². The molecule has 7 heteroatoms. The molecule has 17 heavy (non-hydrogen) atoms. The number of nitrogens with one attached hydrogen (secondary N) is 1. The molecule has 0 saturated carbocycles. The number of rotatable bonds is 2. The Labute approximate surface area is 94.6 Å². The fourth-order valence-corrected chi connectivity index (χ4v) is 1.81. The molecule has 0 aromatic heterocycles. The lowest BCUT2D eigenvalue weighted by atomic mass is 9.85. The number of nitro benzene ring substituents is 1. The molecule has 4 nitrogen and oxygen atoms in total. The van der Waals surface area contributed by atoms with Crippen LogP contribution in [-0.2, 0) is 0 Å². The largest absolute Gasteiger partial charge is 0.394 e. The molecule has 1 aromatic rings. The predicted octanol–water partition coefficient (Wildman–Crippen LogP) is 2.42. The minimum absolute atomic E-state index is 0.106. The van der Waals surface area contributed by atoms with Gasteiger partial charge in [0.2, 0.25) is 0 Å². The van der Waals surface area contributed by atoms with Gasteiger partial charge in [-0.15, -0.1) is 0 Å². The molecule has 1 aromatic carbocycles. The Hall–Kier alpha value is -1.63. The maximum absolute atomic E-state index is 12.5. The van der Waals surface area contributed by atoms with Gasteiger partial charge in [0, 0.05) is 24.7 Å². The lowest BCUT2D eigenvalue weighted by molar-refractivity contribution is -0.384. The van der Waals surface area contributed by atoms with Crippen molar-refractivity contribution in [2.45, 2.75) is 12.2 Å². The lowest BCUT2D eigenvalue weighted by Crippen LogP contribution is -2.52. The number of non-ortho nitro benzene ring substituents is 1. The fourth-order valence-electron chi connectivity index (χ4n) is 1.81. The van der Waals surface area contributed by atoms with Gasteiger partial charge in [0.1, 0.15) is 0 Å². The Morgan fingerprint density at radius 1 is 1.29 bits per heavy atom. The van der Waals surface area contributed by atoms with Crippen LogP contribution in [0.4, 0.5) is 18.9 Å². The van der Waals surface area contributed by atoms with E-state index >= 15 is 0 Å². The first-order valence-corrected chi connectivity index (χ1v) is 4.94. The molecule has 1 aliphatic heterocycles. The Morgan fingerprint density at radius 2 is 1.88 bits per heavy atom. The van der Waals surface area contributed by atoms with E-state index < -0.39 is 23.1 Å². The highest BCUT2D eigenvalue weighted by Crippen LogP contribution is 2.41. The van der Waals surface area contributed by atoms with E-state index in [0.717, 1.165) is 0 Å². The van der Waals surface area contributed by atoms with Gasteiger partial charge in [0.15, 0.2) is 0 Å². The van der Waals surface area contributed by atoms with Gasteiger partial charge in [-0.1, -0.05) is 12.1 Å². The summed E-state index contributed by atoms with van der Waals surface area (Å²) in [6.07, 6.45) is -4.24. The molecular formula is C10H9F3N2O2. The summed E-state index contributed by atoms with van der Waals surface area (Å²) in [6.45, 7) is -0.106. The summed E-state index contributed by atoms with van der Waals surface area (Å²) in [7, 11) is 0. The number of halogens is 3. The summed E-state index contributed by atoms with van der Waals surface area (Å²) in [5.74, 6) is -1.41. The van der Waals surface area contributed by atoms with Gasteiger partial charge >= 0.3 is 6.18 Å². The molecule has 92 valence electrons. The van der Waals surface area contributed by atoms with Crippen molar-refractivity contribution in [2.24, 2.45) is 5.92 Å². The third-order valence-electron chi connectivity index (χ3n) is 2.84. The third-order valence-corrected chi connectivity index (χ3v) is 2.84. The van der Waals surface area contributed by atoms with E-state index in [1.165, 1.54) is 24.3 Å². The maximum atomic E-state index is 12.5. The van der Waals surface area contributed by atoms with Crippen LogP contribution in [0.15, 0.2) is 24.3 Å². The first-order valence-electron chi connectivity index (χ1n) is 4.94. The van der Waals surface area contributed by atoms with Crippen LogP contribution < -0.4 is 5.32 Å². The molecule has 0 amide bonds. The summed E-state index contributed by atoms with van der Waals surface area (Å²) in [5.41, 5.74) is 0.292. The summed E-state index contributed by atoms with van der Waals surface area (Å²) in [6, 6.07) is 4.34. The van der Waals surface area contributed by atoms with Crippen LogP contribution in [0.3, 0.4) is 0 Å². The third kappa shape index (κ3) is 2.23. The molecule has 0 aliphatic carbocycles. The van der Waals surface area contributed by atoms with Crippen molar-refractivity contribution in [3.8, 4) is 0 Å². The van der Waals surface area contributed by atoms with Crippen molar-refractivity contribution in [1.82, 2.24) is 5.32 Å². The van der Waals surface area contributed by atoms with Gasteiger partial charge in [-0.25, -0.2) is 0 Å². The topological polar surface area (TPSA) is 55.2 Å².